The molecule has 21 heavy (non-hydrogen) atoms. The number of thiazole rings is 1. The van der Waals surface area contributed by atoms with Crippen LogP contribution in [-0.2, 0) is 13.0 Å². The number of benzene rings is 1. The Morgan fingerprint density at radius 1 is 1.24 bits per heavy atom. The van der Waals surface area contributed by atoms with Crippen LogP contribution in [0.3, 0.4) is 0 Å². The van der Waals surface area contributed by atoms with Crippen LogP contribution in [0.15, 0.2) is 34.1 Å². The molecule has 0 aliphatic heterocycles. The summed E-state index contributed by atoms with van der Waals surface area (Å²) in [7, 11) is 0. The van der Waals surface area contributed by atoms with E-state index in [4.69, 9.17) is 0 Å². The minimum atomic E-state index is 0.559. The minimum absolute atomic E-state index is 0.559. The number of hydrogen-bond donors (Lipinski definition) is 0. The molecule has 2 aromatic heterocycles. The van der Waals surface area contributed by atoms with E-state index in [0.29, 0.717) is 12.4 Å². The van der Waals surface area contributed by atoms with Crippen molar-refractivity contribution in [2.24, 2.45) is 0 Å². The van der Waals surface area contributed by atoms with Crippen molar-refractivity contribution >= 4 is 27.3 Å². The topological polar surface area (TPSA) is 56.5 Å². The first-order valence-corrected chi connectivity index (χ1v) is 8.39. The van der Waals surface area contributed by atoms with Gasteiger partial charge in [-0.15, -0.1) is 21.5 Å². The average molecular weight is 364 g/mol. The average Bonchev–Trinajstić information content (AvgIpc) is 3.11. The second kappa shape index (κ2) is 6.44. The Balaban J connectivity index is 1.73. The van der Waals surface area contributed by atoms with Crippen LogP contribution in [0.1, 0.15) is 24.0 Å². The number of tetrazole rings is 1. The molecule has 0 fully saturated rings. The van der Waals surface area contributed by atoms with E-state index in [1.807, 2.05) is 24.3 Å². The summed E-state index contributed by atoms with van der Waals surface area (Å²) >= 11 is 5.11. The molecule has 0 unspecified atom stereocenters. The summed E-state index contributed by atoms with van der Waals surface area (Å²) in [6.45, 7) is 2.72. The van der Waals surface area contributed by atoms with Crippen molar-refractivity contribution in [2.45, 2.75) is 26.3 Å². The van der Waals surface area contributed by atoms with Gasteiger partial charge in [0.05, 0.1) is 10.7 Å². The van der Waals surface area contributed by atoms with E-state index >= 15 is 0 Å². The molecule has 5 nitrogen and oxygen atoms in total. The van der Waals surface area contributed by atoms with Crippen LogP contribution in [0.25, 0.3) is 11.4 Å². The van der Waals surface area contributed by atoms with Gasteiger partial charge >= 0.3 is 0 Å². The van der Waals surface area contributed by atoms with Gasteiger partial charge in [0.1, 0.15) is 6.54 Å². The Bertz CT molecular complexity index is 719. The molecule has 0 saturated carbocycles. The van der Waals surface area contributed by atoms with Gasteiger partial charge < -0.3 is 0 Å². The number of nitrogens with zero attached hydrogens (tertiary/aromatic N) is 5. The largest absolute Gasteiger partial charge is 0.244 e. The summed E-state index contributed by atoms with van der Waals surface area (Å²) < 4.78 is 1.03. The van der Waals surface area contributed by atoms with Crippen molar-refractivity contribution in [3.8, 4) is 11.4 Å². The molecule has 7 heteroatoms. The summed E-state index contributed by atoms with van der Waals surface area (Å²) in [5, 5.41) is 15.8. The van der Waals surface area contributed by atoms with E-state index in [0.717, 1.165) is 28.6 Å². The molecule has 3 aromatic rings. The molecular formula is C14H14BrN5S. The fraction of sp³-hybridized carbons (Fsp3) is 0.286. The van der Waals surface area contributed by atoms with E-state index in [1.54, 1.807) is 16.1 Å². The third-order valence-electron chi connectivity index (χ3n) is 2.92. The van der Waals surface area contributed by atoms with Gasteiger partial charge in [-0.25, -0.2) is 4.98 Å². The van der Waals surface area contributed by atoms with Gasteiger partial charge in [0.15, 0.2) is 0 Å². The van der Waals surface area contributed by atoms with E-state index in [-0.39, 0.29) is 0 Å². The van der Waals surface area contributed by atoms with Crippen molar-refractivity contribution in [1.82, 2.24) is 25.2 Å². The summed E-state index contributed by atoms with van der Waals surface area (Å²) in [5.74, 6) is 0.631. The highest BCUT2D eigenvalue weighted by atomic mass is 79.9. The smallest absolute Gasteiger partial charge is 0.204 e. The van der Waals surface area contributed by atoms with Crippen LogP contribution in [0.2, 0.25) is 0 Å². The molecule has 0 saturated heterocycles. The maximum Gasteiger partial charge on any atom is 0.204 e. The van der Waals surface area contributed by atoms with Crippen LogP contribution < -0.4 is 0 Å². The molecule has 3 rings (SSSR count). The quantitative estimate of drug-likeness (QED) is 0.695. The Hall–Kier alpha value is -1.60. The molecule has 0 radical (unpaired) electrons. The van der Waals surface area contributed by atoms with Crippen molar-refractivity contribution in [3.63, 3.8) is 0 Å². The highest BCUT2D eigenvalue weighted by molar-refractivity contribution is 9.10. The molecule has 0 amide bonds. The van der Waals surface area contributed by atoms with Crippen LogP contribution in [0.4, 0.5) is 0 Å². The van der Waals surface area contributed by atoms with E-state index in [9.17, 15) is 0 Å². The number of hydrogen-bond acceptors (Lipinski definition) is 5. The minimum Gasteiger partial charge on any atom is -0.244 e. The second-order valence-electron chi connectivity index (χ2n) is 4.63. The summed E-state index contributed by atoms with van der Waals surface area (Å²) in [6.07, 6.45) is 2.14. The molecule has 1 aromatic carbocycles. The fourth-order valence-electron chi connectivity index (χ4n) is 1.92. The SMILES string of the molecule is CCCc1nc(Cn2nnc(-c3ccc(Br)cc3)n2)cs1. The van der Waals surface area contributed by atoms with Crippen LogP contribution >= 0.6 is 27.3 Å². The number of aromatic nitrogens is 5. The van der Waals surface area contributed by atoms with E-state index in [2.05, 4.69) is 48.6 Å². The Kier molecular flexibility index (Phi) is 4.40. The van der Waals surface area contributed by atoms with Crippen LogP contribution in [0.5, 0.6) is 0 Å². The van der Waals surface area contributed by atoms with E-state index in [1.165, 1.54) is 5.01 Å². The number of halogens is 1. The van der Waals surface area contributed by atoms with Gasteiger partial charge in [-0.05, 0) is 42.3 Å². The molecule has 0 atom stereocenters. The summed E-state index contributed by atoms with van der Waals surface area (Å²) in [4.78, 5) is 6.16. The maximum absolute atomic E-state index is 4.57. The van der Waals surface area contributed by atoms with Crippen molar-refractivity contribution in [3.05, 3.63) is 44.8 Å². The Morgan fingerprint density at radius 2 is 2.05 bits per heavy atom. The highest BCUT2D eigenvalue weighted by Gasteiger charge is 2.08. The molecule has 2 heterocycles. The highest BCUT2D eigenvalue weighted by Crippen LogP contribution is 2.18. The predicted octanol–water partition coefficient (Wildman–Crippen LogP) is 3.56. The standard InChI is InChI=1S/C14H14BrN5S/c1-2-3-13-16-12(9-21-13)8-20-18-14(17-19-20)10-4-6-11(15)7-5-10/h4-7,9H,2-3,8H2,1H3. The van der Waals surface area contributed by atoms with Gasteiger partial charge in [0.25, 0.3) is 0 Å². The second-order valence-corrected chi connectivity index (χ2v) is 6.49. The van der Waals surface area contributed by atoms with Crippen molar-refractivity contribution in [1.29, 1.82) is 0 Å². The molecule has 0 aliphatic carbocycles. The molecule has 0 N–H and O–H groups in total. The molecule has 0 bridgehead atoms. The fourth-order valence-corrected chi connectivity index (χ4v) is 3.08. The zero-order chi connectivity index (χ0) is 14.7. The molecular weight excluding hydrogens is 350 g/mol. The normalized spacial score (nSPS) is 11.0. The molecule has 108 valence electrons. The van der Waals surface area contributed by atoms with Gasteiger partial charge in [-0.2, -0.15) is 4.80 Å². The van der Waals surface area contributed by atoms with Crippen molar-refractivity contribution in [2.75, 3.05) is 0 Å². The Labute approximate surface area is 135 Å². The van der Waals surface area contributed by atoms with E-state index < -0.39 is 0 Å². The third kappa shape index (κ3) is 3.54. The monoisotopic (exact) mass is 363 g/mol. The lowest BCUT2D eigenvalue weighted by molar-refractivity contribution is 0.565. The maximum atomic E-state index is 4.57. The summed E-state index contributed by atoms with van der Waals surface area (Å²) in [6, 6.07) is 7.86. The Morgan fingerprint density at radius 3 is 2.81 bits per heavy atom. The van der Waals surface area contributed by atoms with Gasteiger partial charge in [0.2, 0.25) is 5.82 Å². The lowest BCUT2D eigenvalue weighted by Gasteiger charge is -1.95. The number of rotatable bonds is 5. The first-order chi connectivity index (χ1) is 10.2. The van der Waals surface area contributed by atoms with Gasteiger partial charge in [0, 0.05) is 15.4 Å². The first kappa shape index (κ1) is 14.3. The van der Waals surface area contributed by atoms with Crippen LogP contribution in [0, 0.1) is 0 Å². The lowest BCUT2D eigenvalue weighted by Crippen LogP contribution is -2.04. The predicted molar refractivity (Wildman–Crippen MR) is 86.2 cm³/mol. The summed E-state index contributed by atoms with van der Waals surface area (Å²) in [5.41, 5.74) is 1.94. The zero-order valence-corrected chi connectivity index (χ0v) is 13.9. The van der Waals surface area contributed by atoms with Gasteiger partial charge in [-0.3, -0.25) is 0 Å². The van der Waals surface area contributed by atoms with Gasteiger partial charge in [-0.1, -0.05) is 22.9 Å². The lowest BCUT2D eigenvalue weighted by atomic mass is 10.2. The zero-order valence-electron chi connectivity index (χ0n) is 11.5. The molecule has 0 spiro atoms. The number of aryl methyl sites for hydroxylation is 1. The molecule has 0 aliphatic rings. The van der Waals surface area contributed by atoms with Crippen molar-refractivity contribution < 1.29 is 0 Å². The third-order valence-corrected chi connectivity index (χ3v) is 4.41. The van der Waals surface area contributed by atoms with Crippen LogP contribution in [-0.4, -0.2) is 25.2 Å². The first-order valence-electron chi connectivity index (χ1n) is 6.71.